The van der Waals surface area contributed by atoms with Crippen LogP contribution in [0.25, 0.3) is 0 Å². The topological polar surface area (TPSA) is 57.6 Å². The van der Waals surface area contributed by atoms with Crippen molar-refractivity contribution in [2.24, 2.45) is 0 Å². The van der Waals surface area contributed by atoms with Gasteiger partial charge in [0.1, 0.15) is 5.82 Å². The Labute approximate surface area is 112 Å². The maximum absolute atomic E-state index is 13.3. The smallest absolute Gasteiger partial charge is 0.152 e. The number of hydrogen-bond donors (Lipinski definition) is 1. The molecule has 0 bridgehead atoms. The Bertz CT molecular complexity index is 557. The Hall–Kier alpha value is -1.14. The molecule has 1 aromatic rings. The lowest BCUT2D eigenvalue weighted by atomic mass is 10.1. The van der Waals surface area contributed by atoms with E-state index in [1.54, 1.807) is 13.0 Å². The molecule has 0 amide bonds. The predicted octanol–water partition coefficient (Wildman–Crippen LogP) is 1.50. The molecule has 1 aromatic carbocycles. The van der Waals surface area contributed by atoms with Crippen LogP contribution in [0.1, 0.15) is 25.0 Å². The number of halogens is 1. The largest absolute Gasteiger partial charge is 0.389 e. The van der Waals surface area contributed by atoms with E-state index in [1.165, 1.54) is 12.1 Å². The molecule has 1 fully saturated rings. The van der Waals surface area contributed by atoms with Crippen LogP contribution in [-0.2, 0) is 9.84 Å². The molecule has 1 heterocycles. The summed E-state index contributed by atoms with van der Waals surface area (Å²) in [5.41, 5.74) is 1.22. The highest BCUT2D eigenvalue weighted by Gasteiger charge is 2.22. The molecule has 2 rings (SSSR count). The summed E-state index contributed by atoms with van der Waals surface area (Å²) < 4.78 is 36.4. The average molecular weight is 287 g/mol. The van der Waals surface area contributed by atoms with E-state index >= 15 is 0 Å². The van der Waals surface area contributed by atoms with Crippen LogP contribution in [0, 0.1) is 5.82 Å². The molecule has 0 radical (unpaired) electrons. The molecule has 106 valence electrons. The third kappa shape index (κ3) is 3.45. The molecule has 6 heteroatoms. The number of benzene rings is 1. The normalized spacial score (nSPS) is 20.9. The number of nitrogens with zero attached hydrogens (tertiary/aromatic N) is 1. The Kier molecular flexibility index (Phi) is 4.10. The zero-order chi connectivity index (χ0) is 14.0. The van der Waals surface area contributed by atoms with Crippen molar-refractivity contribution in [1.29, 1.82) is 0 Å². The summed E-state index contributed by atoms with van der Waals surface area (Å²) in [7, 11) is -2.98. The molecule has 1 N–H and O–H groups in total. The first-order valence-electron chi connectivity index (χ1n) is 6.32. The molecule has 1 aliphatic rings. The zero-order valence-electron chi connectivity index (χ0n) is 10.8. The van der Waals surface area contributed by atoms with Gasteiger partial charge in [0, 0.05) is 24.3 Å². The van der Waals surface area contributed by atoms with Gasteiger partial charge in [-0.1, -0.05) is 0 Å². The SMILES string of the molecule is C[C@@H](O)c1cc(F)ccc1N1CCCS(=O)(=O)CC1. The van der Waals surface area contributed by atoms with Gasteiger partial charge in [-0.15, -0.1) is 0 Å². The van der Waals surface area contributed by atoms with Crippen LogP contribution in [0.5, 0.6) is 0 Å². The molecule has 0 saturated carbocycles. The van der Waals surface area contributed by atoms with Crippen LogP contribution in [0.4, 0.5) is 10.1 Å². The highest BCUT2D eigenvalue weighted by atomic mass is 32.2. The summed E-state index contributed by atoms with van der Waals surface area (Å²) in [4.78, 5) is 1.91. The van der Waals surface area contributed by atoms with Gasteiger partial charge in [0.25, 0.3) is 0 Å². The van der Waals surface area contributed by atoms with E-state index in [0.29, 0.717) is 30.8 Å². The molecule has 0 spiro atoms. The fourth-order valence-corrected chi connectivity index (χ4v) is 3.60. The van der Waals surface area contributed by atoms with E-state index in [9.17, 15) is 17.9 Å². The monoisotopic (exact) mass is 287 g/mol. The van der Waals surface area contributed by atoms with E-state index < -0.39 is 21.8 Å². The first-order valence-corrected chi connectivity index (χ1v) is 8.14. The van der Waals surface area contributed by atoms with Crippen molar-refractivity contribution < 1.29 is 17.9 Å². The highest BCUT2D eigenvalue weighted by Crippen LogP contribution is 2.28. The standard InChI is InChI=1S/C13H18FNO3S/c1-10(16)12-9-11(14)3-4-13(12)15-5-2-7-19(17,18)8-6-15/h3-4,9-10,16H,2,5-8H2,1H3/t10-/m1/s1. The first kappa shape index (κ1) is 14.3. The third-order valence-electron chi connectivity index (χ3n) is 3.34. The molecular formula is C13H18FNO3S. The van der Waals surface area contributed by atoms with Gasteiger partial charge < -0.3 is 10.0 Å². The maximum Gasteiger partial charge on any atom is 0.152 e. The lowest BCUT2D eigenvalue weighted by Gasteiger charge is -2.26. The van der Waals surface area contributed by atoms with Gasteiger partial charge in [-0.05, 0) is 31.5 Å². The van der Waals surface area contributed by atoms with Gasteiger partial charge in [-0.25, -0.2) is 12.8 Å². The second kappa shape index (κ2) is 5.46. The maximum atomic E-state index is 13.3. The fourth-order valence-electron chi connectivity index (χ4n) is 2.33. The minimum absolute atomic E-state index is 0.101. The van der Waals surface area contributed by atoms with E-state index in [2.05, 4.69) is 0 Å². The predicted molar refractivity (Wildman–Crippen MR) is 72.5 cm³/mol. The van der Waals surface area contributed by atoms with Gasteiger partial charge >= 0.3 is 0 Å². The average Bonchev–Trinajstić information content (AvgIpc) is 2.50. The van der Waals surface area contributed by atoms with E-state index in [1.807, 2.05) is 4.90 Å². The van der Waals surface area contributed by atoms with Crippen molar-refractivity contribution in [2.75, 3.05) is 29.5 Å². The minimum Gasteiger partial charge on any atom is -0.389 e. The van der Waals surface area contributed by atoms with Gasteiger partial charge in [-0.2, -0.15) is 0 Å². The summed E-state index contributed by atoms with van der Waals surface area (Å²) >= 11 is 0. The summed E-state index contributed by atoms with van der Waals surface area (Å²) in [5, 5.41) is 9.72. The Balaban J connectivity index is 2.31. The Morgan fingerprint density at radius 1 is 1.32 bits per heavy atom. The van der Waals surface area contributed by atoms with Crippen molar-refractivity contribution in [3.63, 3.8) is 0 Å². The van der Waals surface area contributed by atoms with Gasteiger partial charge in [-0.3, -0.25) is 0 Å². The van der Waals surface area contributed by atoms with Crippen molar-refractivity contribution >= 4 is 15.5 Å². The number of anilines is 1. The number of aliphatic hydroxyl groups excluding tert-OH is 1. The van der Waals surface area contributed by atoms with E-state index in [-0.39, 0.29) is 11.5 Å². The first-order chi connectivity index (χ1) is 8.89. The lowest BCUT2D eigenvalue weighted by molar-refractivity contribution is 0.199. The second-order valence-corrected chi connectivity index (χ2v) is 7.18. The van der Waals surface area contributed by atoms with Gasteiger partial charge in [0.05, 0.1) is 17.6 Å². The highest BCUT2D eigenvalue weighted by molar-refractivity contribution is 7.91. The van der Waals surface area contributed by atoms with Crippen LogP contribution in [0.15, 0.2) is 18.2 Å². The van der Waals surface area contributed by atoms with Crippen LogP contribution in [-0.4, -0.2) is 38.1 Å². The van der Waals surface area contributed by atoms with E-state index in [0.717, 1.165) is 0 Å². The fraction of sp³-hybridized carbons (Fsp3) is 0.538. The summed E-state index contributed by atoms with van der Waals surface area (Å²) in [6, 6.07) is 4.25. The molecule has 0 aliphatic carbocycles. The number of rotatable bonds is 2. The quantitative estimate of drug-likeness (QED) is 0.895. The Morgan fingerprint density at radius 3 is 2.74 bits per heavy atom. The van der Waals surface area contributed by atoms with Gasteiger partial charge in [0.15, 0.2) is 9.84 Å². The molecule has 0 aromatic heterocycles. The van der Waals surface area contributed by atoms with Crippen LogP contribution >= 0.6 is 0 Å². The van der Waals surface area contributed by atoms with Gasteiger partial charge in [0.2, 0.25) is 0 Å². The molecular weight excluding hydrogens is 269 g/mol. The van der Waals surface area contributed by atoms with Crippen molar-refractivity contribution in [3.05, 3.63) is 29.6 Å². The summed E-state index contributed by atoms with van der Waals surface area (Å²) in [6.07, 6.45) is -0.232. The number of aliphatic hydroxyl groups is 1. The van der Waals surface area contributed by atoms with Crippen LogP contribution < -0.4 is 4.90 Å². The van der Waals surface area contributed by atoms with Crippen LogP contribution in [0.2, 0.25) is 0 Å². The molecule has 0 unspecified atom stereocenters. The van der Waals surface area contributed by atoms with Crippen LogP contribution in [0.3, 0.4) is 0 Å². The molecule has 1 aliphatic heterocycles. The molecule has 1 saturated heterocycles. The molecule has 4 nitrogen and oxygen atoms in total. The Morgan fingerprint density at radius 2 is 2.05 bits per heavy atom. The van der Waals surface area contributed by atoms with E-state index in [4.69, 9.17) is 0 Å². The van der Waals surface area contributed by atoms with Crippen molar-refractivity contribution in [3.8, 4) is 0 Å². The second-order valence-electron chi connectivity index (χ2n) is 4.87. The number of sulfone groups is 1. The molecule has 19 heavy (non-hydrogen) atoms. The minimum atomic E-state index is -2.98. The third-order valence-corrected chi connectivity index (χ3v) is 5.05. The number of hydrogen-bond acceptors (Lipinski definition) is 4. The molecule has 1 atom stereocenters. The van der Waals surface area contributed by atoms with Crippen molar-refractivity contribution in [2.45, 2.75) is 19.4 Å². The summed E-state index contributed by atoms with van der Waals surface area (Å²) in [6.45, 7) is 2.56. The zero-order valence-corrected chi connectivity index (χ0v) is 11.7. The lowest BCUT2D eigenvalue weighted by Crippen LogP contribution is -2.28. The van der Waals surface area contributed by atoms with Crippen molar-refractivity contribution in [1.82, 2.24) is 0 Å². The summed E-state index contributed by atoms with van der Waals surface area (Å²) in [5.74, 6) is -0.111.